The van der Waals surface area contributed by atoms with Gasteiger partial charge in [0.05, 0.1) is 19.0 Å². The Bertz CT molecular complexity index is 953. The van der Waals surface area contributed by atoms with Gasteiger partial charge in [-0.3, -0.25) is 4.79 Å². The topological polar surface area (TPSA) is 91.8 Å². The molecule has 0 unspecified atom stereocenters. The first kappa shape index (κ1) is 23.6. The van der Waals surface area contributed by atoms with Gasteiger partial charge in [-0.2, -0.15) is 4.31 Å². The number of rotatable bonds is 10. The molecule has 1 aromatic heterocycles. The summed E-state index contributed by atoms with van der Waals surface area (Å²) in [7, 11) is -2.38. The molecule has 0 aliphatic carbocycles. The summed E-state index contributed by atoms with van der Waals surface area (Å²) in [6.45, 7) is 9.95. The van der Waals surface area contributed by atoms with E-state index in [1.54, 1.807) is 26.1 Å². The predicted octanol–water partition coefficient (Wildman–Crippen LogP) is 3.22. The molecular formula is C21H30N4O4S. The van der Waals surface area contributed by atoms with Crippen molar-refractivity contribution < 1.29 is 17.9 Å². The molecule has 8 nitrogen and oxygen atoms in total. The number of aromatic nitrogens is 1. The molecule has 9 heteroatoms. The van der Waals surface area contributed by atoms with Gasteiger partial charge >= 0.3 is 0 Å². The largest absolute Gasteiger partial charge is 0.495 e. The number of nitrogens with one attached hydrogen (secondary N) is 1. The molecule has 0 aliphatic rings. The third-order valence-electron chi connectivity index (χ3n) is 4.84. The number of ether oxygens (including phenoxy) is 1. The van der Waals surface area contributed by atoms with Gasteiger partial charge in [-0.1, -0.05) is 13.8 Å². The van der Waals surface area contributed by atoms with Crippen LogP contribution < -0.4 is 15.0 Å². The van der Waals surface area contributed by atoms with E-state index in [0.717, 1.165) is 18.9 Å². The molecule has 2 aromatic rings. The number of anilines is 2. The van der Waals surface area contributed by atoms with Gasteiger partial charge in [0.15, 0.2) is 0 Å². The zero-order valence-corrected chi connectivity index (χ0v) is 19.0. The van der Waals surface area contributed by atoms with Crippen molar-refractivity contribution in [3.63, 3.8) is 0 Å². The van der Waals surface area contributed by atoms with E-state index >= 15 is 0 Å². The molecule has 0 fully saturated rings. The van der Waals surface area contributed by atoms with Crippen LogP contribution in [0.3, 0.4) is 0 Å². The van der Waals surface area contributed by atoms with Crippen LogP contribution in [-0.2, 0) is 10.0 Å². The Morgan fingerprint density at radius 3 is 2.20 bits per heavy atom. The first-order valence-corrected chi connectivity index (χ1v) is 11.5. The highest BCUT2D eigenvalue weighted by molar-refractivity contribution is 7.89. The summed E-state index contributed by atoms with van der Waals surface area (Å²) < 4.78 is 32.5. The number of nitrogens with zero attached hydrogens (tertiary/aromatic N) is 3. The molecule has 0 bridgehead atoms. The van der Waals surface area contributed by atoms with Crippen molar-refractivity contribution in [2.75, 3.05) is 43.5 Å². The zero-order valence-electron chi connectivity index (χ0n) is 18.2. The minimum absolute atomic E-state index is 0.0312. The molecule has 0 atom stereocenters. The molecule has 0 radical (unpaired) electrons. The van der Waals surface area contributed by atoms with Gasteiger partial charge in [-0.15, -0.1) is 0 Å². The van der Waals surface area contributed by atoms with Crippen molar-refractivity contribution in [3.8, 4) is 5.75 Å². The number of carbonyl (C=O) groups is 1. The van der Waals surface area contributed by atoms with E-state index in [2.05, 4.69) is 15.2 Å². The number of benzene rings is 1. The van der Waals surface area contributed by atoms with Crippen LogP contribution in [0.25, 0.3) is 0 Å². The highest BCUT2D eigenvalue weighted by atomic mass is 32.2. The Balaban J connectivity index is 2.30. The third-order valence-corrected chi connectivity index (χ3v) is 6.91. The van der Waals surface area contributed by atoms with Crippen LogP contribution in [0.5, 0.6) is 5.75 Å². The fraction of sp³-hybridized carbons (Fsp3) is 0.429. The summed E-state index contributed by atoms with van der Waals surface area (Å²) in [6, 6.07) is 7.99. The lowest BCUT2D eigenvalue weighted by Crippen LogP contribution is -2.31. The lowest BCUT2D eigenvalue weighted by atomic mass is 10.2. The van der Waals surface area contributed by atoms with Crippen molar-refractivity contribution in [2.24, 2.45) is 0 Å². The summed E-state index contributed by atoms with van der Waals surface area (Å²) in [6.07, 6.45) is 1.59. The molecule has 0 saturated heterocycles. The van der Waals surface area contributed by atoms with E-state index < -0.39 is 15.9 Å². The summed E-state index contributed by atoms with van der Waals surface area (Å²) in [4.78, 5) is 19.2. The molecule has 30 heavy (non-hydrogen) atoms. The van der Waals surface area contributed by atoms with Crippen LogP contribution in [0.15, 0.2) is 41.4 Å². The molecule has 1 aromatic carbocycles. The van der Waals surface area contributed by atoms with Gasteiger partial charge in [0, 0.05) is 31.7 Å². The molecular weight excluding hydrogens is 404 g/mol. The van der Waals surface area contributed by atoms with Crippen LogP contribution >= 0.6 is 0 Å². The zero-order chi connectivity index (χ0) is 22.3. The third kappa shape index (κ3) is 5.09. The van der Waals surface area contributed by atoms with Crippen molar-refractivity contribution >= 4 is 27.4 Å². The van der Waals surface area contributed by atoms with Gasteiger partial charge in [-0.25, -0.2) is 13.4 Å². The molecule has 1 amide bonds. The lowest BCUT2D eigenvalue weighted by molar-refractivity contribution is 0.102. The average molecular weight is 435 g/mol. The maximum absolute atomic E-state index is 13.0. The maximum Gasteiger partial charge on any atom is 0.255 e. The number of methoxy groups -OCH3 is 1. The second kappa shape index (κ2) is 10.4. The Hall–Kier alpha value is -2.65. The number of sulfonamides is 1. The van der Waals surface area contributed by atoms with Crippen molar-refractivity contribution in [1.82, 2.24) is 9.29 Å². The summed E-state index contributed by atoms with van der Waals surface area (Å²) in [5.41, 5.74) is 0.745. The van der Waals surface area contributed by atoms with Crippen LogP contribution in [-0.4, -0.2) is 56.9 Å². The summed E-state index contributed by atoms with van der Waals surface area (Å²) >= 11 is 0. The van der Waals surface area contributed by atoms with Crippen molar-refractivity contribution in [3.05, 3.63) is 42.1 Å². The fourth-order valence-electron chi connectivity index (χ4n) is 3.12. The summed E-state index contributed by atoms with van der Waals surface area (Å²) in [5, 5.41) is 2.76. The van der Waals surface area contributed by atoms with Gasteiger partial charge < -0.3 is 15.0 Å². The smallest absolute Gasteiger partial charge is 0.255 e. The van der Waals surface area contributed by atoms with E-state index in [1.165, 1.54) is 29.6 Å². The summed E-state index contributed by atoms with van der Waals surface area (Å²) in [5.74, 6) is 0.602. The number of pyridine rings is 1. The van der Waals surface area contributed by atoms with Gasteiger partial charge in [0.2, 0.25) is 10.0 Å². The van der Waals surface area contributed by atoms with Crippen molar-refractivity contribution in [1.29, 1.82) is 0 Å². The first-order valence-electron chi connectivity index (χ1n) is 10.0. The minimum atomic E-state index is -3.78. The van der Waals surface area contributed by atoms with Crippen LogP contribution in [0.4, 0.5) is 11.5 Å². The Morgan fingerprint density at radius 2 is 1.70 bits per heavy atom. The fourth-order valence-corrected chi connectivity index (χ4v) is 4.76. The number of carbonyl (C=O) groups excluding carboxylic acids is 1. The maximum atomic E-state index is 13.0. The van der Waals surface area contributed by atoms with Gasteiger partial charge in [0.25, 0.3) is 5.91 Å². The number of hydrogen-bond acceptors (Lipinski definition) is 6. The molecule has 2 rings (SSSR count). The molecule has 164 valence electrons. The number of amides is 1. The quantitative estimate of drug-likeness (QED) is 0.617. The van der Waals surface area contributed by atoms with Crippen LogP contribution in [0.1, 0.15) is 38.1 Å². The second-order valence-electron chi connectivity index (χ2n) is 6.49. The van der Waals surface area contributed by atoms with E-state index in [1.807, 2.05) is 19.9 Å². The molecule has 0 saturated carbocycles. The molecule has 0 spiro atoms. The highest BCUT2D eigenvalue weighted by Gasteiger charge is 2.26. The molecule has 0 aliphatic heterocycles. The normalized spacial score (nSPS) is 11.4. The van der Waals surface area contributed by atoms with Gasteiger partial charge in [-0.05, 0) is 44.2 Å². The number of hydrogen-bond donors (Lipinski definition) is 1. The average Bonchev–Trinajstić information content (AvgIpc) is 2.75. The Labute approximate surface area is 178 Å². The second-order valence-corrected chi connectivity index (χ2v) is 8.39. The van der Waals surface area contributed by atoms with Crippen molar-refractivity contribution in [2.45, 2.75) is 32.6 Å². The van der Waals surface area contributed by atoms with E-state index in [4.69, 9.17) is 4.74 Å². The monoisotopic (exact) mass is 434 g/mol. The minimum Gasteiger partial charge on any atom is -0.495 e. The van der Waals surface area contributed by atoms with Gasteiger partial charge in [0.1, 0.15) is 16.5 Å². The highest BCUT2D eigenvalue weighted by Crippen LogP contribution is 2.28. The van der Waals surface area contributed by atoms with E-state index in [0.29, 0.717) is 18.8 Å². The molecule has 1 heterocycles. The molecule has 1 N–H and O–H groups in total. The van der Waals surface area contributed by atoms with E-state index in [-0.39, 0.29) is 16.2 Å². The Morgan fingerprint density at radius 1 is 1.03 bits per heavy atom. The SMILES string of the molecule is CCN(CC)c1ccc(NC(=O)c2ccc(OC)c(S(=O)(=O)N(CC)CC)c2)cn1. The standard InChI is InChI=1S/C21H30N4O4S/c1-6-24(7-2)20-13-11-17(15-22-20)23-21(26)16-10-12-18(29-5)19(14-16)30(27,28)25(8-3)9-4/h10-15H,6-9H2,1-5H3,(H,23,26). The first-order chi connectivity index (χ1) is 14.3. The van der Waals surface area contributed by atoms with Crippen LogP contribution in [0, 0.1) is 0 Å². The predicted molar refractivity (Wildman–Crippen MR) is 119 cm³/mol. The van der Waals surface area contributed by atoms with Crippen LogP contribution in [0.2, 0.25) is 0 Å². The lowest BCUT2D eigenvalue weighted by Gasteiger charge is -2.20. The Kier molecular flexibility index (Phi) is 8.19. The van der Waals surface area contributed by atoms with E-state index in [9.17, 15) is 13.2 Å².